The van der Waals surface area contributed by atoms with Crippen LogP contribution in [0.4, 0.5) is 0 Å². The highest BCUT2D eigenvalue weighted by Gasteiger charge is 2.29. The summed E-state index contributed by atoms with van der Waals surface area (Å²) in [6, 6.07) is 5.47. The molecule has 1 saturated heterocycles. The summed E-state index contributed by atoms with van der Waals surface area (Å²) in [4.78, 5) is 50.2. The lowest BCUT2D eigenvalue weighted by Gasteiger charge is -2.25. The number of benzene rings is 1. The summed E-state index contributed by atoms with van der Waals surface area (Å²) in [5.41, 5.74) is 5.69. The van der Waals surface area contributed by atoms with Gasteiger partial charge < -0.3 is 26.0 Å². The van der Waals surface area contributed by atoms with Crippen molar-refractivity contribution in [1.82, 2.24) is 15.5 Å². The van der Waals surface area contributed by atoms with Gasteiger partial charge in [0, 0.05) is 18.5 Å². The van der Waals surface area contributed by atoms with Gasteiger partial charge in [-0.2, -0.15) is 0 Å². The van der Waals surface area contributed by atoms with E-state index in [2.05, 4.69) is 10.6 Å². The van der Waals surface area contributed by atoms with Gasteiger partial charge >= 0.3 is 0 Å². The Hall–Kier alpha value is -3.10. The number of fused-ring (bicyclic) bond motifs is 11. The van der Waals surface area contributed by atoms with E-state index in [1.54, 1.807) is 29.2 Å². The van der Waals surface area contributed by atoms with Crippen LogP contribution in [0.2, 0.25) is 0 Å². The van der Waals surface area contributed by atoms with Crippen molar-refractivity contribution < 1.29 is 23.9 Å². The molecule has 0 spiro atoms. The number of rotatable bonds is 1. The van der Waals surface area contributed by atoms with E-state index >= 15 is 0 Å². The number of carbonyl (C=O) groups is 4. The summed E-state index contributed by atoms with van der Waals surface area (Å²) in [6.45, 7) is 0.857. The first kappa shape index (κ1) is 19.7. The Morgan fingerprint density at radius 3 is 2.61 bits per heavy atom. The maximum atomic E-state index is 12.4. The van der Waals surface area contributed by atoms with Gasteiger partial charge in [-0.25, -0.2) is 0 Å². The molecule has 9 heteroatoms. The molecule has 3 aliphatic rings. The zero-order valence-corrected chi connectivity index (χ0v) is 15.5. The van der Waals surface area contributed by atoms with Gasteiger partial charge in [0.2, 0.25) is 17.7 Å². The molecule has 4 amide bonds. The zero-order chi connectivity index (χ0) is 20.1. The van der Waals surface area contributed by atoms with Crippen LogP contribution in [0.15, 0.2) is 24.3 Å². The summed E-state index contributed by atoms with van der Waals surface area (Å²) >= 11 is 0. The Bertz CT molecular complexity index is 764. The molecule has 0 radical (unpaired) electrons. The quantitative estimate of drug-likeness (QED) is 0.600. The van der Waals surface area contributed by atoms with E-state index in [0.717, 1.165) is 12.8 Å². The van der Waals surface area contributed by atoms with Gasteiger partial charge in [-0.1, -0.05) is 0 Å². The van der Waals surface area contributed by atoms with Crippen molar-refractivity contribution in [2.75, 3.05) is 19.7 Å². The Balaban J connectivity index is 1.78. The lowest BCUT2D eigenvalue weighted by molar-refractivity contribution is -0.134. The van der Waals surface area contributed by atoms with Crippen LogP contribution in [0.3, 0.4) is 0 Å². The second kappa shape index (κ2) is 8.73. The molecule has 3 aliphatic heterocycles. The molecule has 0 saturated carbocycles. The lowest BCUT2D eigenvalue weighted by Crippen LogP contribution is -2.46. The number of hydrogen-bond acceptors (Lipinski definition) is 5. The van der Waals surface area contributed by atoms with Crippen LogP contribution in [0.25, 0.3) is 0 Å². The molecule has 28 heavy (non-hydrogen) atoms. The van der Waals surface area contributed by atoms with Crippen LogP contribution >= 0.6 is 0 Å². The fourth-order valence-corrected chi connectivity index (χ4v) is 3.40. The van der Waals surface area contributed by atoms with Gasteiger partial charge in [0.1, 0.15) is 18.4 Å². The van der Waals surface area contributed by atoms with Crippen molar-refractivity contribution in [1.29, 1.82) is 0 Å². The SMILES string of the molecule is NC(=O)C1CCC(=O)NCC(=O)N2CCCC2COc2ccc(cc2)C(=O)N1. The van der Waals surface area contributed by atoms with Crippen LogP contribution < -0.4 is 21.1 Å². The van der Waals surface area contributed by atoms with Crippen molar-refractivity contribution >= 4 is 23.6 Å². The minimum atomic E-state index is -0.983. The van der Waals surface area contributed by atoms with E-state index in [1.807, 2.05) is 0 Å². The molecule has 2 unspecified atom stereocenters. The average molecular weight is 388 g/mol. The van der Waals surface area contributed by atoms with Gasteiger partial charge in [-0.05, 0) is 43.5 Å². The summed E-state index contributed by atoms with van der Waals surface area (Å²) in [5, 5.41) is 5.11. The van der Waals surface area contributed by atoms with Crippen molar-refractivity contribution in [3.05, 3.63) is 29.8 Å². The maximum absolute atomic E-state index is 12.4. The Morgan fingerprint density at radius 2 is 1.89 bits per heavy atom. The summed E-state index contributed by atoms with van der Waals surface area (Å²) in [5.74, 6) is -1.15. The van der Waals surface area contributed by atoms with E-state index in [1.165, 1.54) is 0 Å². The van der Waals surface area contributed by atoms with Gasteiger partial charge in [0.05, 0.1) is 12.6 Å². The molecular weight excluding hydrogens is 364 g/mol. The van der Waals surface area contributed by atoms with E-state index in [0.29, 0.717) is 24.5 Å². The second-order valence-corrected chi connectivity index (χ2v) is 6.96. The van der Waals surface area contributed by atoms with Gasteiger partial charge in [-0.3, -0.25) is 19.2 Å². The fraction of sp³-hybridized carbons (Fsp3) is 0.474. The first-order chi connectivity index (χ1) is 13.4. The molecule has 2 atom stereocenters. The van der Waals surface area contributed by atoms with Gasteiger partial charge in [-0.15, -0.1) is 0 Å². The van der Waals surface area contributed by atoms with Crippen molar-refractivity contribution in [2.24, 2.45) is 5.73 Å². The van der Waals surface area contributed by atoms with Crippen LogP contribution in [-0.2, 0) is 14.4 Å². The molecule has 0 aromatic heterocycles. The molecule has 0 aliphatic carbocycles. The van der Waals surface area contributed by atoms with E-state index in [-0.39, 0.29) is 37.2 Å². The minimum absolute atomic E-state index is 0.0351. The third-order valence-corrected chi connectivity index (χ3v) is 5.00. The molecular formula is C19H24N4O5. The number of ether oxygens (including phenoxy) is 1. The van der Waals surface area contributed by atoms with Crippen molar-refractivity contribution in [3.8, 4) is 5.75 Å². The predicted molar refractivity (Wildman–Crippen MR) is 99.4 cm³/mol. The lowest BCUT2D eigenvalue weighted by atomic mass is 10.1. The monoisotopic (exact) mass is 388 g/mol. The predicted octanol–water partition coefficient (Wildman–Crippen LogP) is -0.450. The highest BCUT2D eigenvalue weighted by atomic mass is 16.5. The number of hydrogen-bond donors (Lipinski definition) is 3. The second-order valence-electron chi connectivity index (χ2n) is 6.96. The third-order valence-electron chi connectivity index (χ3n) is 5.00. The number of carbonyl (C=O) groups excluding carboxylic acids is 4. The molecule has 4 rings (SSSR count). The molecule has 1 aromatic carbocycles. The number of nitrogens with one attached hydrogen (secondary N) is 2. The number of nitrogens with two attached hydrogens (primary N) is 1. The van der Waals surface area contributed by atoms with Crippen LogP contribution in [0.5, 0.6) is 5.75 Å². The topological polar surface area (TPSA) is 131 Å². The van der Waals surface area contributed by atoms with E-state index in [9.17, 15) is 19.2 Å². The number of amides is 4. The van der Waals surface area contributed by atoms with Crippen LogP contribution in [0.1, 0.15) is 36.0 Å². The molecule has 4 N–H and O–H groups in total. The maximum Gasteiger partial charge on any atom is 0.251 e. The fourth-order valence-electron chi connectivity index (χ4n) is 3.40. The summed E-state index contributed by atoms with van der Waals surface area (Å²) in [6.07, 6.45) is 1.73. The summed E-state index contributed by atoms with van der Waals surface area (Å²) in [7, 11) is 0. The van der Waals surface area contributed by atoms with E-state index in [4.69, 9.17) is 10.5 Å². The molecule has 2 bridgehead atoms. The zero-order valence-electron chi connectivity index (χ0n) is 15.5. The minimum Gasteiger partial charge on any atom is -0.491 e. The van der Waals surface area contributed by atoms with Crippen molar-refractivity contribution in [3.63, 3.8) is 0 Å². The van der Waals surface area contributed by atoms with Crippen LogP contribution in [-0.4, -0.2) is 60.3 Å². The molecule has 150 valence electrons. The Kier molecular flexibility index (Phi) is 6.13. The molecule has 1 fully saturated rings. The molecule has 1 aromatic rings. The highest BCUT2D eigenvalue weighted by Crippen LogP contribution is 2.20. The van der Waals surface area contributed by atoms with Gasteiger partial charge in [0.25, 0.3) is 5.91 Å². The van der Waals surface area contributed by atoms with Crippen molar-refractivity contribution in [2.45, 2.75) is 37.8 Å². The Labute approximate surface area is 162 Å². The standard InChI is InChI=1S/C19H24N4O5/c20-18(26)15-7-8-16(24)21-10-17(25)23-9-1-2-13(23)11-28-14-5-3-12(4-6-14)19(27)22-15/h3-6,13,15H,1-2,7-11H2,(H2,20,26)(H,21,24)(H,22,27). The number of primary amides is 1. The van der Waals surface area contributed by atoms with Crippen LogP contribution in [0, 0.1) is 0 Å². The third kappa shape index (κ3) is 4.79. The summed E-state index contributed by atoms with van der Waals surface area (Å²) < 4.78 is 5.78. The largest absolute Gasteiger partial charge is 0.491 e. The first-order valence-electron chi connectivity index (χ1n) is 9.33. The highest BCUT2D eigenvalue weighted by molar-refractivity contribution is 5.97. The molecule has 9 nitrogen and oxygen atoms in total. The average Bonchev–Trinajstić information content (AvgIpc) is 3.15. The van der Waals surface area contributed by atoms with E-state index < -0.39 is 17.9 Å². The first-order valence-corrected chi connectivity index (χ1v) is 9.33. The van der Waals surface area contributed by atoms with Gasteiger partial charge in [0.15, 0.2) is 0 Å². The molecule has 3 heterocycles. The number of nitrogens with zero attached hydrogens (tertiary/aromatic N) is 1. The normalized spacial score (nSPS) is 24.0. The Morgan fingerprint density at radius 1 is 1.14 bits per heavy atom. The smallest absolute Gasteiger partial charge is 0.251 e.